The fraction of sp³-hybridized carbons (Fsp3) is 0.118. The number of carbonyl (C=O) groups is 2. The molecule has 0 spiro atoms. The minimum absolute atomic E-state index is 0.0678. The Morgan fingerprint density at radius 2 is 1.96 bits per heavy atom. The van der Waals surface area contributed by atoms with Gasteiger partial charge in [0.1, 0.15) is 5.75 Å². The second-order valence-electron chi connectivity index (χ2n) is 4.90. The Balaban J connectivity index is 1.81. The van der Waals surface area contributed by atoms with E-state index >= 15 is 0 Å². The van der Waals surface area contributed by atoms with Crippen LogP contribution >= 0.6 is 0 Å². The first kappa shape index (κ1) is 16.2. The van der Waals surface area contributed by atoms with Crippen molar-refractivity contribution in [3.8, 4) is 5.75 Å². The van der Waals surface area contributed by atoms with Crippen molar-refractivity contribution in [2.45, 2.75) is 6.92 Å². The summed E-state index contributed by atoms with van der Waals surface area (Å²) in [4.78, 5) is 23.5. The van der Waals surface area contributed by atoms with E-state index in [9.17, 15) is 14.7 Å². The molecule has 0 bridgehead atoms. The van der Waals surface area contributed by atoms with E-state index in [1.807, 2.05) is 13.0 Å². The highest BCUT2D eigenvalue weighted by atomic mass is 16.3. The second kappa shape index (κ2) is 7.74. The molecule has 0 heterocycles. The molecule has 118 valence electrons. The van der Waals surface area contributed by atoms with Crippen LogP contribution in [-0.4, -0.2) is 29.7 Å². The Morgan fingerprint density at radius 3 is 2.70 bits per heavy atom. The lowest BCUT2D eigenvalue weighted by Gasteiger charge is -2.05. The third kappa shape index (κ3) is 4.96. The number of para-hydroxylation sites is 1. The summed E-state index contributed by atoms with van der Waals surface area (Å²) in [7, 11) is 0. The van der Waals surface area contributed by atoms with Crippen LogP contribution in [0.1, 0.15) is 21.5 Å². The normalized spacial score (nSPS) is 10.5. The van der Waals surface area contributed by atoms with Crippen LogP contribution in [-0.2, 0) is 4.79 Å². The number of nitrogens with one attached hydrogen (secondary N) is 2. The quantitative estimate of drug-likeness (QED) is 0.578. The molecule has 0 saturated carbocycles. The molecule has 0 aromatic heterocycles. The van der Waals surface area contributed by atoms with E-state index < -0.39 is 5.91 Å². The zero-order valence-electron chi connectivity index (χ0n) is 12.6. The average Bonchev–Trinajstić information content (AvgIpc) is 2.54. The largest absolute Gasteiger partial charge is 0.507 e. The molecule has 23 heavy (non-hydrogen) atoms. The number of aromatic hydroxyl groups is 1. The molecule has 0 aliphatic rings. The predicted octanol–water partition coefficient (Wildman–Crippen LogP) is 1.58. The number of hydrogen-bond acceptors (Lipinski definition) is 4. The van der Waals surface area contributed by atoms with Crippen LogP contribution in [0.25, 0.3) is 0 Å². The molecule has 0 fully saturated rings. The lowest BCUT2D eigenvalue weighted by atomic mass is 10.1. The second-order valence-corrected chi connectivity index (χ2v) is 4.90. The van der Waals surface area contributed by atoms with Crippen LogP contribution in [0.2, 0.25) is 0 Å². The van der Waals surface area contributed by atoms with Crippen LogP contribution < -0.4 is 10.7 Å². The van der Waals surface area contributed by atoms with Crippen molar-refractivity contribution in [3.63, 3.8) is 0 Å². The fourth-order valence-corrected chi connectivity index (χ4v) is 1.86. The minimum Gasteiger partial charge on any atom is -0.507 e. The van der Waals surface area contributed by atoms with Gasteiger partial charge in [0.2, 0.25) is 0 Å². The fourth-order valence-electron chi connectivity index (χ4n) is 1.86. The van der Waals surface area contributed by atoms with Gasteiger partial charge in [0.05, 0.1) is 12.8 Å². The Bertz CT molecular complexity index is 741. The Morgan fingerprint density at radius 1 is 1.17 bits per heavy atom. The molecule has 3 N–H and O–H groups in total. The molecule has 2 aromatic carbocycles. The standard InChI is InChI=1S/C17H17N3O3/c1-12-5-4-7-13(9-12)17(23)18-11-16(22)20-19-10-14-6-2-3-8-15(14)21/h2-10,21H,11H2,1H3,(H,18,23)(H,20,22). The molecule has 2 amide bonds. The number of hydrogen-bond donors (Lipinski definition) is 3. The summed E-state index contributed by atoms with van der Waals surface area (Å²) in [5, 5.41) is 15.8. The van der Waals surface area contributed by atoms with E-state index in [1.165, 1.54) is 12.3 Å². The molecular formula is C17H17N3O3. The van der Waals surface area contributed by atoms with E-state index in [0.29, 0.717) is 11.1 Å². The van der Waals surface area contributed by atoms with E-state index in [-0.39, 0.29) is 18.2 Å². The lowest BCUT2D eigenvalue weighted by Crippen LogP contribution is -2.34. The first-order chi connectivity index (χ1) is 11.1. The van der Waals surface area contributed by atoms with Crippen molar-refractivity contribution in [3.05, 3.63) is 65.2 Å². The summed E-state index contributed by atoms with van der Waals surface area (Å²) in [6, 6.07) is 13.7. The monoisotopic (exact) mass is 311 g/mol. The average molecular weight is 311 g/mol. The van der Waals surface area contributed by atoms with Gasteiger partial charge in [0.25, 0.3) is 11.8 Å². The number of aryl methyl sites for hydroxylation is 1. The number of phenols is 1. The van der Waals surface area contributed by atoms with Crippen molar-refractivity contribution >= 4 is 18.0 Å². The molecule has 0 aliphatic heterocycles. The number of hydrazone groups is 1. The highest BCUT2D eigenvalue weighted by molar-refractivity contribution is 5.96. The van der Waals surface area contributed by atoms with Gasteiger partial charge in [0, 0.05) is 11.1 Å². The Kier molecular flexibility index (Phi) is 5.46. The first-order valence-electron chi connectivity index (χ1n) is 7.01. The van der Waals surface area contributed by atoms with Crippen LogP contribution in [0.5, 0.6) is 5.75 Å². The summed E-state index contributed by atoms with van der Waals surface area (Å²) in [6.45, 7) is 1.70. The molecule has 6 heteroatoms. The summed E-state index contributed by atoms with van der Waals surface area (Å²) in [5.74, 6) is -0.718. The van der Waals surface area contributed by atoms with Crippen LogP contribution in [0, 0.1) is 6.92 Å². The maximum absolute atomic E-state index is 11.9. The molecule has 6 nitrogen and oxygen atoms in total. The van der Waals surface area contributed by atoms with E-state index in [4.69, 9.17) is 0 Å². The zero-order chi connectivity index (χ0) is 16.7. The van der Waals surface area contributed by atoms with Crippen molar-refractivity contribution in [1.29, 1.82) is 0 Å². The molecule has 2 aromatic rings. The van der Waals surface area contributed by atoms with Gasteiger partial charge in [-0.1, -0.05) is 29.8 Å². The molecular weight excluding hydrogens is 294 g/mol. The Hall–Kier alpha value is -3.15. The third-order valence-corrected chi connectivity index (χ3v) is 3.02. The van der Waals surface area contributed by atoms with E-state index in [1.54, 1.807) is 36.4 Å². The van der Waals surface area contributed by atoms with Gasteiger partial charge in [-0.3, -0.25) is 9.59 Å². The van der Waals surface area contributed by atoms with Crippen molar-refractivity contribution in [2.24, 2.45) is 5.10 Å². The molecule has 2 rings (SSSR count). The summed E-state index contributed by atoms with van der Waals surface area (Å²) in [5.41, 5.74) is 4.23. The van der Waals surface area contributed by atoms with Crippen molar-refractivity contribution in [1.82, 2.24) is 10.7 Å². The maximum Gasteiger partial charge on any atom is 0.259 e. The van der Waals surface area contributed by atoms with Gasteiger partial charge in [-0.05, 0) is 31.2 Å². The number of phenolic OH excluding ortho intramolecular Hbond substituents is 1. The smallest absolute Gasteiger partial charge is 0.259 e. The zero-order valence-corrected chi connectivity index (χ0v) is 12.6. The maximum atomic E-state index is 11.9. The summed E-state index contributed by atoms with van der Waals surface area (Å²) in [6.07, 6.45) is 1.33. The highest BCUT2D eigenvalue weighted by Crippen LogP contribution is 2.12. The summed E-state index contributed by atoms with van der Waals surface area (Å²) >= 11 is 0. The van der Waals surface area contributed by atoms with Crippen molar-refractivity contribution < 1.29 is 14.7 Å². The van der Waals surface area contributed by atoms with Gasteiger partial charge >= 0.3 is 0 Å². The third-order valence-electron chi connectivity index (χ3n) is 3.02. The summed E-state index contributed by atoms with van der Waals surface area (Å²) < 4.78 is 0. The first-order valence-corrected chi connectivity index (χ1v) is 7.01. The highest BCUT2D eigenvalue weighted by Gasteiger charge is 2.07. The molecule has 0 unspecified atom stereocenters. The van der Waals surface area contributed by atoms with Gasteiger partial charge in [-0.15, -0.1) is 0 Å². The minimum atomic E-state index is -0.460. The van der Waals surface area contributed by atoms with Gasteiger partial charge in [-0.25, -0.2) is 5.43 Å². The number of benzene rings is 2. The predicted molar refractivity (Wildman–Crippen MR) is 87.4 cm³/mol. The van der Waals surface area contributed by atoms with Gasteiger partial charge in [-0.2, -0.15) is 5.10 Å². The number of rotatable bonds is 5. The van der Waals surface area contributed by atoms with Crippen LogP contribution in [0.3, 0.4) is 0 Å². The molecule has 0 aliphatic carbocycles. The molecule has 0 saturated heterocycles. The number of nitrogens with zero attached hydrogens (tertiary/aromatic N) is 1. The van der Waals surface area contributed by atoms with Crippen LogP contribution in [0.4, 0.5) is 0 Å². The SMILES string of the molecule is Cc1cccc(C(=O)NCC(=O)NN=Cc2ccccc2O)c1. The molecule has 0 radical (unpaired) electrons. The van der Waals surface area contributed by atoms with Crippen molar-refractivity contribution in [2.75, 3.05) is 6.54 Å². The number of amides is 2. The van der Waals surface area contributed by atoms with Gasteiger partial charge < -0.3 is 10.4 Å². The van der Waals surface area contributed by atoms with E-state index in [2.05, 4.69) is 15.8 Å². The number of carbonyl (C=O) groups excluding carboxylic acids is 2. The topological polar surface area (TPSA) is 90.8 Å². The van der Waals surface area contributed by atoms with E-state index in [0.717, 1.165) is 5.56 Å². The lowest BCUT2D eigenvalue weighted by molar-refractivity contribution is -0.120. The molecule has 0 atom stereocenters. The van der Waals surface area contributed by atoms with Crippen LogP contribution in [0.15, 0.2) is 53.6 Å². The van der Waals surface area contributed by atoms with Gasteiger partial charge in [0.15, 0.2) is 0 Å². The Labute approximate surface area is 133 Å².